The van der Waals surface area contributed by atoms with E-state index in [2.05, 4.69) is 25.5 Å². The van der Waals surface area contributed by atoms with Crippen LogP contribution in [0.5, 0.6) is 0 Å². The summed E-state index contributed by atoms with van der Waals surface area (Å²) in [5.74, 6) is 0.686. The van der Waals surface area contributed by atoms with Gasteiger partial charge in [0.1, 0.15) is 17.7 Å². The monoisotopic (exact) mass is 352 g/mol. The zero-order valence-corrected chi connectivity index (χ0v) is 14.9. The van der Waals surface area contributed by atoms with E-state index in [0.717, 1.165) is 28.7 Å². The van der Waals surface area contributed by atoms with Crippen molar-refractivity contribution in [1.82, 2.24) is 20.2 Å². The molecule has 2 N–H and O–H groups in total. The average Bonchev–Trinajstić information content (AvgIpc) is 3.20. The Balaban J connectivity index is 1.57. The maximum absolute atomic E-state index is 12.4. The van der Waals surface area contributed by atoms with E-state index in [1.807, 2.05) is 39.0 Å². The second kappa shape index (κ2) is 5.98. The molecule has 1 aliphatic rings. The first-order valence-electron chi connectivity index (χ1n) is 8.45. The van der Waals surface area contributed by atoms with E-state index in [-0.39, 0.29) is 6.09 Å². The Kier molecular flexibility index (Phi) is 3.75. The molecule has 1 amide bonds. The number of amides is 1. The van der Waals surface area contributed by atoms with Crippen molar-refractivity contribution in [2.75, 3.05) is 16.8 Å². The Labute approximate surface area is 150 Å². The van der Waals surface area contributed by atoms with Crippen molar-refractivity contribution in [3.8, 4) is 0 Å². The Bertz CT molecular complexity index is 975. The summed E-state index contributed by atoms with van der Waals surface area (Å²) in [7, 11) is 0. The number of hydrogen-bond donors (Lipinski definition) is 2. The summed E-state index contributed by atoms with van der Waals surface area (Å²) in [5, 5.41) is 10.9. The lowest BCUT2D eigenvalue weighted by Crippen LogP contribution is -2.35. The highest BCUT2D eigenvalue weighted by molar-refractivity contribution is 5.92. The van der Waals surface area contributed by atoms with Crippen LogP contribution in [0, 0.1) is 0 Å². The number of nitrogens with one attached hydrogen (secondary N) is 2. The summed E-state index contributed by atoms with van der Waals surface area (Å²) in [6, 6.07) is 5.89. The van der Waals surface area contributed by atoms with Crippen LogP contribution in [0.15, 0.2) is 30.7 Å². The summed E-state index contributed by atoms with van der Waals surface area (Å²) in [6.07, 6.45) is 3.65. The molecule has 0 saturated heterocycles. The molecule has 0 bridgehead atoms. The number of carbonyl (C=O) groups is 1. The SMILES string of the molecule is CC(C)(C)OC(=O)N1CCc2cc(Nc3ncnc4[nH]ncc34)ccc21. The number of benzene rings is 1. The predicted molar refractivity (Wildman–Crippen MR) is 98.7 cm³/mol. The number of aromatic amines is 1. The van der Waals surface area contributed by atoms with Crippen molar-refractivity contribution in [3.05, 3.63) is 36.3 Å². The molecule has 134 valence electrons. The molecule has 3 heterocycles. The minimum absolute atomic E-state index is 0.312. The highest BCUT2D eigenvalue weighted by atomic mass is 16.6. The second-order valence-electron chi connectivity index (χ2n) is 7.21. The van der Waals surface area contributed by atoms with Crippen molar-refractivity contribution >= 4 is 34.3 Å². The van der Waals surface area contributed by atoms with Crippen LogP contribution in [-0.2, 0) is 11.2 Å². The first-order chi connectivity index (χ1) is 12.4. The third-order valence-electron chi connectivity index (χ3n) is 4.10. The second-order valence-corrected chi connectivity index (χ2v) is 7.21. The summed E-state index contributed by atoms with van der Waals surface area (Å²) in [4.78, 5) is 22.5. The van der Waals surface area contributed by atoms with Gasteiger partial charge in [0.25, 0.3) is 0 Å². The van der Waals surface area contributed by atoms with E-state index in [0.29, 0.717) is 18.0 Å². The van der Waals surface area contributed by atoms with Crippen LogP contribution in [0.25, 0.3) is 11.0 Å². The van der Waals surface area contributed by atoms with Gasteiger partial charge >= 0.3 is 6.09 Å². The Morgan fingerprint density at radius 3 is 2.96 bits per heavy atom. The van der Waals surface area contributed by atoms with E-state index in [1.54, 1.807) is 11.1 Å². The number of aromatic nitrogens is 4. The molecule has 8 heteroatoms. The van der Waals surface area contributed by atoms with Crippen LogP contribution in [-0.4, -0.2) is 38.4 Å². The molecule has 0 aliphatic carbocycles. The minimum Gasteiger partial charge on any atom is -0.443 e. The molecule has 4 rings (SSSR count). The topological polar surface area (TPSA) is 96.0 Å². The van der Waals surface area contributed by atoms with Crippen LogP contribution < -0.4 is 10.2 Å². The van der Waals surface area contributed by atoms with Crippen molar-refractivity contribution in [2.24, 2.45) is 0 Å². The van der Waals surface area contributed by atoms with Gasteiger partial charge in [-0.25, -0.2) is 14.8 Å². The summed E-state index contributed by atoms with van der Waals surface area (Å²) >= 11 is 0. The Morgan fingerprint density at radius 1 is 1.31 bits per heavy atom. The third kappa shape index (κ3) is 3.05. The Hall–Kier alpha value is -3.16. The maximum Gasteiger partial charge on any atom is 0.414 e. The highest BCUT2D eigenvalue weighted by Crippen LogP contribution is 2.33. The van der Waals surface area contributed by atoms with Gasteiger partial charge in [-0.15, -0.1) is 0 Å². The third-order valence-corrected chi connectivity index (χ3v) is 4.10. The van der Waals surface area contributed by atoms with Crippen LogP contribution in [0.4, 0.5) is 22.0 Å². The number of rotatable bonds is 2. The molecule has 0 unspecified atom stereocenters. The van der Waals surface area contributed by atoms with Gasteiger partial charge in [-0.05, 0) is 51.0 Å². The molecular weight excluding hydrogens is 332 g/mol. The number of nitrogens with zero attached hydrogens (tertiary/aromatic N) is 4. The van der Waals surface area contributed by atoms with Gasteiger partial charge in [-0.1, -0.05) is 0 Å². The molecule has 0 fully saturated rings. The van der Waals surface area contributed by atoms with Crippen LogP contribution in [0.3, 0.4) is 0 Å². The van der Waals surface area contributed by atoms with Crippen molar-refractivity contribution in [3.63, 3.8) is 0 Å². The van der Waals surface area contributed by atoms with E-state index in [1.165, 1.54) is 6.33 Å². The predicted octanol–water partition coefficient (Wildman–Crippen LogP) is 3.39. The highest BCUT2D eigenvalue weighted by Gasteiger charge is 2.29. The largest absolute Gasteiger partial charge is 0.443 e. The van der Waals surface area contributed by atoms with Crippen molar-refractivity contribution in [2.45, 2.75) is 32.8 Å². The molecule has 0 radical (unpaired) electrons. The van der Waals surface area contributed by atoms with Crippen molar-refractivity contribution < 1.29 is 9.53 Å². The minimum atomic E-state index is -0.510. The van der Waals surface area contributed by atoms with E-state index in [9.17, 15) is 4.79 Å². The van der Waals surface area contributed by atoms with Gasteiger partial charge in [0.2, 0.25) is 0 Å². The molecule has 0 saturated carbocycles. The van der Waals surface area contributed by atoms with Crippen LogP contribution >= 0.6 is 0 Å². The zero-order valence-electron chi connectivity index (χ0n) is 14.9. The number of anilines is 3. The zero-order chi connectivity index (χ0) is 18.3. The molecule has 0 spiro atoms. The van der Waals surface area contributed by atoms with Gasteiger partial charge in [0.05, 0.1) is 17.3 Å². The summed E-state index contributed by atoms with van der Waals surface area (Å²) < 4.78 is 5.49. The van der Waals surface area contributed by atoms with Crippen LogP contribution in [0.2, 0.25) is 0 Å². The molecule has 0 atom stereocenters. The fourth-order valence-electron chi connectivity index (χ4n) is 2.99. The molecule has 3 aromatic rings. The molecule has 1 aliphatic heterocycles. The lowest BCUT2D eigenvalue weighted by Gasteiger charge is -2.24. The smallest absolute Gasteiger partial charge is 0.414 e. The molecule has 2 aromatic heterocycles. The molecule has 1 aromatic carbocycles. The number of hydrogen-bond acceptors (Lipinski definition) is 6. The summed E-state index contributed by atoms with van der Waals surface area (Å²) in [6.45, 7) is 6.22. The van der Waals surface area contributed by atoms with Gasteiger partial charge < -0.3 is 10.1 Å². The first-order valence-corrected chi connectivity index (χ1v) is 8.45. The van der Waals surface area contributed by atoms with E-state index >= 15 is 0 Å². The van der Waals surface area contributed by atoms with Gasteiger partial charge in [0.15, 0.2) is 5.65 Å². The normalized spacial score (nSPS) is 13.7. The summed E-state index contributed by atoms with van der Waals surface area (Å²) in [5.41, 5.74) is 3.06. The number of carbonyl (C=O) groups excluding carboxylic acids is 1. The fraction of sp³-hybridized carbons (Fsp3) is 0.333. The lowest BCUT2D eigenvalue weighted by molar-refractivity contribution is 0.0584. The maximum atomic E-state index is 12.4. The number of H-pyrrole nitrogens is 1. The first kappa shape index (κ1) is 16.3. The molecular formula is C18H20N6O2. The van der Waals surface area contributed by atoms with E-state index in [4.69, 9.17) is 4.74 Å². The molecule has 26 heavy (non-hydrogen) atoms. The quantitative estimate of drug-likeness (QED) is 0.734. The number of ether oxygens (including phenoxy) is 1. The average molecular weight is 352 g/mol. The van der Waals surface area contributed by atoms with Crippen molar-refractivity contribution in [1.29, 1.82) is 0 Å². The Morgan fingerprint density at radius 2 is 2.15 bits per heavy atom. The van der Waals surface area contributed by atoms with Crippen LogP contribution in [0.1, 0.15) is 26.3 Å². The standard InChI is InChI=1S/C18H20N6O2/c1-18(2,3)26-17(25)24-7-6-11-8-12(4-5-14(11)24)22-15-13-9-21-23-16(13)20-10-19-15/h4-5,8-10H,6-7H2,1-3H3,(H2,19,20,21,22,23). The van der Waals surface area contributed by atoms with Gasteiger partial charge in [-0.3, -0.25) is 10.00 Å². The van der Waals surface area contributed by atoms with Gasteiger partial charge in [-0.2, -0.15) is 5.10 Å². The molecule has 8 nitrogen and oxygen atoms in total. The number of fused-ring (bicyclic) bond motifs is 2. The fourth-order valence-corrected chi connectivity index (χ4v) is 2.99. The lowest BCUT2D eigenvalue weighted by atomic mass is 10.1. The van der Waals surface area contributed by atoms with Gasteiger partial charge in [0, 0.05) is 12.2 Å². The van der Waals surface area contributed by atoms with E-state index < -0.39 is 5.60 Å².